The highest BCUT2D eigenvalue weighted by Gasteiger charge is 2.38. The highest BCUT2D eigenvalue weighted by molar-refractivity contribution is 5.98. The van der Waals surface area contributed by atoms with Gasteiger partial charge in [-0.3, -0.25) is 10.1 Å². The number of carbonyl (C=O) groups excluding carboxylic acids is 1. The van der Waals surface area contributed by atoms with E-state index in [0.29, 0.717) is 11.3 Å². The smallest absolute Gasteiger partial charge is 0.343 e. The van der Waals surface area contributed by atoms with Crippen LogP contribution in [0.5, 0.6) is 17.2 Å². The highest BCUT2D eigenvalue weighted by atomic mass is 16.6. The standard InChI is InChI=1S/C16H13NO7/c1-22-12-6-4-9-13(15(12)23-2)16(19)24-14(9)10-7-8(17(20)21)3-5-11(10)18/h3-7,14,18H,1-2H3. The first kappa shape index (κ1) is 15.6. The molecule has 8 nitrogen and oxygen atoms in total. The van der Waals surface area contributed by atoms with Gasteiger partial charge < -0.3 is 19.3 Å². The van der Waals surface area contributed by atoms with E-state index in [1.54, 1.807) is 12.1 Å². The van der Waals surface area contributed by atoms with E-state index in [1.807, 2.05) is 0 Å². The molecule has 1 heterocycles. The normalized spacial score (nSPS) is 15.6. The molecular formula is C16H13NO7. The third-order valence-electron chi connectivity index (χ3n) is 3.79. The minimum absolute atomic E-state index is 0.128. The molecule has 0 saturated carbocycles. The van der Waals surface area contributed by atoms with Gasteiger partial charge in [-0.2, -0.15) is 0 Å². The number of esters is 1. The third-order valence-corrected chi connectivity index (χ3v) is 3.79. The predicted molar refractivity (Wildman–Crippen MR) is 81.6 cm³/mol. The Balaban J connectivity index is 2.17. The monoisotopic (exact) mass is 331 g/mol. The molecule has 1 aliphatic heterocycles. The Hall–Kier alpha value is -3.29. The van der Waals surface area contributed by atoms with Gasteiger partial charge in [0.1, 0.15) is 11.3 Å². The number of nitro groups is 1. The molecule has 1 aliphatic rings. The number of methoxy groups -OCH3 is 2. The molecule has 1 N–H and O–H groups in total. The van der Waals surface area contributed by atoms with Crippen LogP contribution in [0, 0.1) is 10.1 Å². The molecule has 0 saturated heterocycles. The molecule has 0 fully saturated rings. The average Bonchev–Trinajstić information content (AvgIpc) is 2.91. The number of hydrogen-bond donors (Lipinski definition) is 1. The van der Waals surface area contributed by atoms with Gasteiger partial charge in [0.2, 0.25) is 0 Å². The number of non-ortho nitro benzene ring substituents is 1. The predicted octanol–water partition coefficient (Wildman–Crippen LogP) is 2.58. The SMILES string of the molecule is COc1ccc2c(c1OC)C(=O)OC2c1cc([N+](=O)[O-])ccc1O. The maximum atomic E-state index is 12.3. The summed E-state index contributed by atoms with van der Waals surface area (Å²) >= 11 is 0. The number of carbonyl (C=O) groups is 1. The Morgan fingerprint density at radius 1 is 1.17 bits per heavy atom. The lowest BCUT2D eigenvalue weighted by Crippen LogP contribution is -2.02. The van der Waals surface area contributed by atoms with Gasteiger partial charge in [-0.05, 0) is 12.1 Å². The number of benzene rings is 2. The first-order valence-electron chi connectivity index (χ1n) is 6.91. The van der Waals surface area contributed by atoms with Gasteiger partial charge in [0.05, 0.1) is 19.1 Å². The summed E-state index contributed by atoms with van der Waals surface area (Å²) < 4.78 is 15.7. The molecule has 0 bridgehead atoms. The topological polar surface area (TPSA) is 108 Å². The van der Waals surface area contributed by atoms with Gasteiger partial charge in [0.15, 0.2) is 17.6 Å². The van der Waals surface area contributed by atoms with E-state index in [1.165, 1.54) is 32.4 Å². The van der Waals surface area contributed by atoms with Gasteiger partial charge in [0.25, 0.3) is 5.69 Å². The molecule has 124 valence electrons. The number of phenolic OH excluding ortho intramolecular Hbond substituents is 1. The lowest BCUT2D eigenvalue weighted by Gasteiger charge is -2.13. The molecule has 0 radical (unpaired) electrons. The third kappa shape index (κ3) is 2.28. The largest absolute Gasteiger partial charge is 0.508 e. The molecule has 2 aromatic carbocycles. The Morgan fingerprint density at radius 2 is 1.92 bits per heavy atom. The lowest BCUT2D eigenvalue weighted by atomic mass is 9.97. The summed E-state index contributed by atoms with van der Waals surface area (Å²) in [6.45, 7) is 0. The Kier molecular flexibility index (Phi) is 3.72. The number of nitrogens with zero attached hydrogens (tertiary/aromatic N) is 1. The summed E-state index contributed by atoms with van der Waals surface area (Å²) in [4.78, 5) is 22.6. The van der Waals surface area contributed by atoms with Crippen LogP contribution in [-0.4, -0.2) is 30.2 Å². The average molecular weight is 331 g/mol. The number of phenols is 1. The van der Waals surface area contributed by atoms with Crippen LogP contribution in [0.25, 0.3) is 0 Å². The zero-order valence-corrected chi connectivity index (χ0v) is 12.8. The second-order valence-electron chi connectivity index (χ2n) is 5.05. The van der Waals surface area contributed by atoms with E-state index in [9.17, 15) is 20.0 Å². The van der Waals surface area contributed by atoms with E-state index in [-0.39, 0.29) is 28.3 Å². The van der Waals surface area contributed by atoms with Crippen molar-refractivity contribution >= 4 is 11.7 Å². The van der Waals surface area contributed by atoms with Crippen molar-refractivity contribution in [2.75, 3.05) is 14.2 Å². The number of ether oxygens (including phenoxy) is 3. The molecule has 0 aliphatic carbocycles. The van der Waals surface area contributed by atoms with Crippen LogP contribution >= 0.6 is 0 Å². The Bertz CT molecular complexity index is 847. The molecule has 0 aromatic heterocycles. The summed E-state index contributed by atoms with van der Waals surface area (Å²) in [5.74, 6) is -0.290. The fraction of sp³-hybridized carbons (Fsp3) is 0.188. The fourth-order valence-corrected chi connectivity index (χ4v) is 2.70. The van der Waals surface area contributed by atoms with Crippen LogP contribution in [0.2, 0.25) is 0 Å². The van der Waals surface area contributed by atoms with Crippen molar-refractivity contribution < 1.29 is 29.0 Å². The van der Waals surface area contributed by atoms with Crippen LogP contribution < -0.4 is 9.47 Å². The molecule has 2 aromatic rings. The van der Waals surface area contributed by atoms with Gasteiger partial charge in [-0.15, -0.1) is 0 Å². The Morgan fingerprint density at radius 3 is 2.54 bits per heavy atom. The van der Waals surface area contributed by atoms with Crippen LogP contribution in [-0.2, 0) is 4.74 Å². The van der Waals surface area contributed by atoms with E-state index in [2.05, 4.69) is 0 Å². The Labute approximate surface area is 136 Å². The van der Waals surface area contributed by atoms with Crippen LogP contribution in [0.1, 0.15) is 27.6 Å². The maximum Gasteiger partial charge on any atom is 0.343 e. The van der Waals surface area contributed by atoms with Crippen LogP contribution in [0.4, 0.5) is 5.69 Å². The molecule has 0 amide bonds. The first-order chi connectivity index (χ1) is 11.5. The van der Waals surface area contributed by atoms with E-state index in [4.69, 9.17) is 14.2 Å². The van der Waals surface area contributed by atoms with Gasteiger partial charge in [0, 0.05) is 23.3 Å². The number of rotatable bonds is 4. The van der Waals surface area contributed by atoms with Crippen LogP contribution in [0.15, 0.2) is 30.3 Å². The number of aromatic hydroxyl groups is 1. The van der Waals surface area contributed by atoms with Crippen molar-refractivity contribution in [1.82, 2.24) is 0 Å². The van der Waals surface area contributed by atoms with Gasteiger partial charge in [-0.1, -0.05) is 6.07 Å². The van der Waals surface area contributed by atoms with Crippen molar-refractivity contribution in [3.8, 4) is 17.2 Å². The molecular weight excluding hydrogens is 318 g/mol. The molecule has 8 heteroatoms. The fourth-order valence-electron chi connectivity index (χ4n) is 2.70. The number of cyclic esters (lactones) is 1. The molecule has 1 unspecified atom stereocenters. The lowest BCUT2D eigenvalue weighted by molar-refractivity contribution is -0.385. The number of hydrogen-bond acceptors (Lipinski definition) is 7. The second-order valence-corrected chi connectivity index (χ2v) is 5.05. The first-order valence-corrected chi connectivity index (χ1v) is 6.91. The number of fused-ring (bicyclic) bond motifs is 1. The summed E-state index contributed by atoms with van der Waals surface area (Å²) in [7, 11) is 2.83. The summed E-state index contributed by atoms with van der Waals surface area (Å²) in [6, 6.07) is 6.75. The summed E-state index contributed by atoms with van der Waals surface area (Å²) in [6.07, 6.45) is -0.966. The zero-order chi connectivity index (χ0) is 17.4. The maximum absolute atomic E-state index is 12.3. The minimum Gasteiger partial charge on any atom is -0.508 e. The summed E-state index contributed by atoms with van der Waals surface area (Å²) in [5, 5.41) is 21.0. The zero-order valence-electron chi connectivity index (χ0n) is 12.8. The second kappa shape index (κ2) is 5.73. The van der Waals surface area contributed by atoms with Crippen molar-refractivity contribution in [3.63, 3.8) is 0 Å². The van der Waals surface area contributed by atoms with Crippen molar-refractivity contribution in [2.24, 2.45) is 0 Å². The molecule has 1 atom stereocenters. The summed E-state index contributed by atoms with van der Waals surface area (Å²) in [5.41, 5.74) is 0.525. The number of nitro benzene ring substituents is 1. The van der Waals surface area contributed by atoms with E-state index >= 15 is 0 Å². The van der Waals surface area contributed by atoms with Crippen molar-refractivity contribution in [1.29, 1.82) is 0 Å². The van der Waals surface area contributed by atoms with E-state index < -0.39 is 17.0 Å². The molecule has 3 rings (SSSR count). The van der Waals surface area contributed by atoms with Crippen molar-refractivity contribution in [2.45, 2.75) is 6.10 Å². The van der Waals surface area contributed by atoms with Crippen molar-refractivity contribution in [3.05, 3.63) is 57.1 Å². The van der Waals surface area contributed by atoms with E-state index in [0.717, 1.165) is 0 Å². The van der Waals surface area contributed by atoms with Crippen LogP contribution in [0.3, 0.4) is 0 Å². The van der Waals surface area contributed by atoms with Gasteiger partial charge >= 0.3 is 5.97 Å². The van der Waals surface area contributed by atoms with Gasteiger partial charge in [-0.25, -0.2) is 4.79 Å². The quantitative estimate of drug-likeness (QED) is 0.521. The molecule has 0 spiro atoms. The highest BCUT2D eigenvalue weighted by Crippen LogP contribution is 2.46. The molecule has 24 heavy (non-hydrogen) atoms. The minimum atomic E-state index is -0.966.